The van der Waals surface area contributed by atoms with Gasteiger partial charge in [-0.15, -0.1) is 0 Å². The fourth-order valence-electron chi connectivity index (χ4n) is 2.31. The van der Waals surface area contributed by atoms with Crippen molar-refractivity contribution in [2.75, 3.05) is 25.0 Å². The average molecular weight is 385 g/mol. The van der Waals surface area contributed by atoms with Crippen molar-refractivity contribution in [1.82, 2.24) is 4.90 Å². The van der Waals surface area contributed by atoms with Crippen LogP contribution in [-0.4, -0.2) is 52.6 Å². The van der Waals surface area contributed by atoms with E-state index in [4.69, 9.17) is 31.4 Å². The van der Waals surface area contributed by atoms with Crippen LogP contribution in [-0.2, 0) is 14.4 Å². The minimum absolute atomic E-state index is 0.0370. The summed E-state index contributed by atoms with van der Waals surface area (Å²) in [5, 5.41) is 18.2. The molecule has 1 aliphatic rings. The van der Waals surface area contributed by atoms with Crippen molar-refractivity contribution in [3.63, 3.8) is 0 Å². The lowest BCUT2D eigenvalue weighted by Crippen LogP contribution is -2.30. The van der Waals surface area contributed by atoms with Crippen molar-refractivity contribution in [3.05, 3.63) is 29.3 Å². The minimum Gasteiger partial charge on any atom is -0.473 e. The minimum atomic E-state index is -1.82. The Morgan fingerprint density at radius 2 is 1.77 bits per heavy atom. The van der Waals surface area contributed by atoms with Crippen molar-refractivity contribution < 1.29 is 24.6 Å². The summed E-state index contributed by atoms with van der Waals surface area (Å²) in [6, 6.07) is 7.34. The lowest BCUT2D eigenvalue weighted by molar-refractivity contribution is -0.159. The Morgan fingerprint density at radius 1 is 1.15 bits per heavy atom. The second-order valence-electron chi connectivity index (χ2n) is 6.13. The van der Waals surface area contributed by atoms with Crippen molar-refractivity contribution in [2.45, 2.75) is 32.6 Å². The van der Waals surface area contributed by atoms with Crippen molar-refractivity contribution in [2.24, 2.45) is 5.92 Å². The molecule has 1 amide bonds. The summed E-state index contributed by atoms with van der Waals surface area (Å²) in [7, 11) is 0. The SMILES string of the molecule is CCCN(CCC(=O)Nc1ccccc1Cl)CC1CC1.O=C(O)C(=O)O. The number of nitrogens with zero attached hydrogens (tertiary/aromatic N) is 1. The molecule has 0 radical (unpaired) electrons. The second kappa shape index (κ2) is 11.5. The molecule has 0 spiro atoms. The molecule has 0 unspecified atom stereocenters. The molecule has 144 valence electrons. The van der Waals surface area contributed by atoms with E-state index < -0.39 is 11.9 Å². The van der Waals surface area contributed by atoms with Crippen LogP contribution < -0.4 is 5.32 Å². The summed E-state index contributed by atoms with van der Waals surface area (Å²) < 4.78 is 0. The summed E-state index contributed by atoms with van der Waals surface area (Å²) >= 11 is 6.03. The Bertz CT molecular complexity index is 607. The fraction of sp³-hybridized carbons (Fsp3) is 0.500. The van der Waals surface area contributed by atoms with Gasteiger partial charge in [0.05, 0.1) is 10.7 Å². The Labute approximate surface area is 157 Å². The van der Waals surface area contributed by atoms with E-state index in [9.17, 15) is 4.79 Å². The topological polar surface area (TPSA) is 107 Å². The van der Waals surface area contributed by atoms with Gasteiger partial charge in [0.25, 0.3) is 0 Å². The van der Waals surface area contributed by atoms with Crippen LogP contribution in [0.15, 0.2) is 24.3 Å². The van der Waals surface area contributed by atoms with Gasteiger partial charge in [-0.05, 0) is 43.9 Å². The van der Waals surface area contributed by atoms with E-state index >= 15 is 0 Å². The standard InChI is InChI=1S/C16H23ClN2O.C2H2O4/c1-2-10-19(12-13-7-8-13)11-9-16(20)18-15-6-4-3-5-14(15)17;3-1(4)2(5)6/h3-6,13H,2,7-12H2,1H3,(H,18,20);(H,3,4)(H,5,6). The first-order valence-electron chi connectivity index (χ1n) is 8.56. The number of carboxylic acid groups (broad SMARTS) is 2. The van der Waals surface area contributed by atoms with Gasteiger partial charge in [0, 0.05) is 19.5 Å². The van der Waals surface area contributed by atoms with Gasteiger partial charge in [-0.1, -0.05) is 30.7 Å². The Kier molecular flexibility index (Phi) is 9.69. The number of hydrogen-bond donors (Lipinski definition) is 3. The molecule has 2 rings (SSSR count). The zero-order valence-electron chi connectivity index (χ0n) is 14.8. The number of hydrogen-bond acceptors (Lipinski definition) is 4. The molecule has 0 aliphatic heterocycles. The lowest BCUT2D eigenvalue weighted by Gasteiger charge is -2.21. The summed E-state index contributed by atoms with van der Waals surface area (Å²) in [6.07, 6.45) is 4.37. The second-order valence-corrected chi connectivity index (χ2v) is 6.54. The molecule has 7 nitrogen and oxygen atoms in total. The van der Waals surface area contributed by atoms with Crippen molar-refractivity contribution in [3.8, 4) is 0 Å². The number of carboxylic acids is 2. The number of rotatable bonds is 8. The van der Waals surface area contributed by atoms with E-state index in [0.29, 0.717) is 17.1 Å². The third kappa shape index (κ3) is 9.39. The number of carbonyl (C=O) groups is 3. The van der Waals surface area contributed by atoms with E-state index in [1.807, 2.05) is 18.2 Å². The molecule has 0 atom stereocenters. The average Bonchev–Trinajstić information content (AvgIpc) is 3.39. The molecule has 1 aromatic carbocycles. The highest BCUT2D eigenvalue weighted by atomic mass is 35.5. The zero-order chi connectivity index (χ0) is 19.5. The van der Waals surface area contributed by atoms with Crippen LogP contribution in [0.25, 0.3) is 0 Å². The van der Waals surface area contributed by atoms with Gasteiger partial charge in [-0.25, -0.2) is 9.59 Å². The van der Waals surface area contributed by atoms with E-state index in [2.05, 4.69) is 17.1 Å². The molecule has 1 aromatic rings. The predicted molar refractivity (Wildman–Crippen MR) is 99.4 cm³/mol. The maximum Gasteiger partial charge on any atom is 0.414 e. The fourth-order valence-corrected chi connectivity index (χ4v) is 2.49. The van der Waals surface area contributed by atoms with Crippen LogP contribution in [0.1, 0.15) is 32.6 Å². The van der Waals surface area contributed by atoms with E-state index in [0.717, 1.165) is 32.0 Å². The third-order valence-corrected chi connectivity index (χ3v) is 4.07. The van der Waals surface area contributed by atoms with Crippen LogP contribution in [0.5, 0.6) is 0 Å². The van der Waals surface area contributed by atoms with Gasteiger partial charge in [-0.3, -0.25) is 4.79 Å². The highest BCUT2D eigenvalue weighted by Gasteiger charge is 2.24. The van der Waals surface area contributed by atoms with Gasteiger partial charge in [0.2, 0.25) is 5.91 Å². The molecule has 0 saturated heterocycles. The molecule has 8 heteroatoms. The molecule has 1 fully saturated rings. The first kappa shape index (κ1) is 21.9. The van der Waals surface area contributed by atoms with Crippen LogP contribution >= 0.6 is 11.6 Å². The summed E-state index contributed by atoms with van der Waals surface area (Å²) in [5.41, 5.74) is 0.698. The van der Waals surface area contributed by atoms with Gasteiger partial charge < -0.3 is 20.4 Å². The molecule has 0 heterocycles. The highest BCUT2D eigenvalue weighted by molar-refractivity contribution is 6.33. The first-order valence-corrected chi connectivity index (χ1v) is 8.94. The van der Waals surface area contributed by atoms with Crippen LogP contribution in [0.4, 0.5) is 5.69 Å². The maximum atomic E-state index is 12.0. The number of halogens is 1. The Balaban J connectivity index is 0.000000487. The van der Waals surface area contributed by atoms with Gasteiger partial charge in [-0.2, -0.15) is 0 Å². The summed E-state index contributed by atoms with van der Waals surface area (Å²) in [5.74, 6) is -2.74. The quantitative estimate of drug-likeness (QED) is 0.595. The van der Waals surface area contributed by atoms with Crippen LogP contribution in [0.2, 0.25) is 5.02 Å². The molecule has 0 aromatic heterocycles. The number of aliphatic carboxylic acids is 2. The van der Waals surface area contributed by atoms with Crippen molar-refractivity contribution in [1.29, 1.82) is 0 Å². The zero-order valence-corrected chi connectivity index (χ0v) is 15.5. The molecular formula is C18H25ClN2O5. The van der Waals surface area contributed by atoms with Gasteiger partial charge >= 0.3 is 11.9 Å². The molecular weight excluding hydrogens is 360 g/mol. The molecule has 3 N–H and O–H groups in total. The number of amides is 1. The highest BCUT2D eigenvalue weighted by Crippen LogP contribution is 2.29. The lowest BCUT2D eigenvalue weighted by atomic mass is 10.2. The normalized spacial score (nSPS) is 12.9. The van der Waals surface area contributed by atoms with Gasteiger partial charge in [0.15, 0.2) is 0 Å². The number of carbonyl (C=O) groups excluding carboxylic acids is 1. The monoisotopic (exact) mass is 384 g/mol. The number of nitrogens with one attached hydrogen (secondary N) is 1. The predicted octanol–water partition coefficient (Wildman–Crippen LogP) is 2.95. The maximum absolute atomic E-state index is 12.0. The van der Waals surface area contributed by atoms with Gasteiger partial charge in [0.1, 0.15) is 0 Å². The number of para-hydroxylation sites is 1. The molecule has 1 saturated carbocycles. The first-order chi connectivity index (χ1) is 12.3. The largest absolute Gasteiger partial charge is 0.473 e. The van der Waals surface area contributed by atoms with E-state index in [1.54, 1.807) is 6.07 Å². The van der Waals surface area contributed by atoms with Crippen molar-refractivity contribution >= 4 is 35.1 Å². The third-order valence-electron chi connectivity index (χ3n) is 3.74. The summed E-state index contributed by atoms with van der Waals surface area (Å²) in [6.45, 7) is 5.24. The Morgan fingerprint density at radius 3 is 2.27 bits per heavy atom. The van der Waals surface area contributed by atoms with Crippen LogP contribution in [0.3, 0.4) is 0 Å². The molecule has 0 bridgehead atoms. The number of anilines is 1. The molecule has 1 aliphatic carbocycles. The number of benzene rings is 1. The summed E-state index contributed by atoms with van der Waals surface area (Å²) in [4.78, 5) is 32.6. The van der Waals surface area contributed by atoms with E-state index in [1.165, 1.54) is 12.8 Å². The van der Waals surface area contributed by atoms with Crippen LogP contribution in [0, 0.1) is 5.92 Å². The Hall–Kier alpha value is -2.12. The van der Waals surface area contributed by atoms with E-state index in [-0.39, 0.29) is 5.91 Å². The molecule has 26 heavy (non-hydrogen) atoms. The smallest absolute Gasteiger partial charge is 0.414 e.